The minimum atomic E-state index is -0.471. The van der Waals surface area contributed by atoms with Gasteiger partial charge in [-0.1, -0.05) is 42.5 Å². The van der Waals surface area contributed by atoms with Crippen molar-refractivity contribution in [3.63, 3.8) is 0 Å². The van der Waals surface area contributed by atoms with E-state index in [1.54, 1.807) is 12.1 Å². The lowest BCUT2D eigenvalue weighted by atomic mass is 10.1. The van der Waals surface area contributed by atoms with Crippen LogP contribution in [0.2, 0.25) is 0 Å². The van der Waals surface area contributed by atoms with E-state index in [-0.39, 0.29) is 17.4 Å². The molecule has 0 fully saturated rings. The zero-order valence-electron chi connectivity index (χ0n) is 16.9. The topological polar surface area (TPSA) is 96.7 Å². The number of anilines is 1. The Morgan fingerprint density at radius 1 is 1.06 bits per heavy atom. The molecule has 0 aliphatic carbocycles. The Labute approximate surface area is 191 Å². The van der Waals surface area contributed by atoms with E-state index in [9.17, 15) is 10.1 Å². The normalized spacial score (nSPS) is 12.0. The number of hydrogen-bond acceptors (Lipinski definition) is 5. The molecule has 0 aliphatic heterocycles. The zero-order chi connectivity index (χ0) is 22.2. The Morgan fingerprint density at radius 3 is 2.41 bits per heavy atom. The number of benzene rings is 2. The van der Waals surface area contributed by atoms with Crippen LogP contribution in [0.5, 0.6) is 0 Å². The fraction of sp³-hybridized carbons (Fsp3) is 0.0833. The smallest absolute Gasteiger partial charge is 0.292 e. The molecule has 3 heterocycles. The second-order valence-corrected chi connectivity index (χ2v) is 8.02. The summed E-state index contributed by atoms with van der Waals surface area (Å²) in [5.74, 6) is -0.0243. The van der Waals surface area contributed by atoms with Gasteiger partial charge in [0.1, 0.15) is 23.0 Å². The lowest BCUT2D eigenvalue weighted by molar-refractivity contribution is 0.0994. The standard InChI is InChI=1S/C24H16BrN5O2/c1-14(15-7-3-2-4-8-15)30-22(29-24(31)19-11-12-20(25)32-19)16(13-26)21-23(30)28-18-10-6-5-9-17(18)27-21/h2-12,14H,1H3,(H,29,31). The van der Waals surface area contributed by atoms with E-state index < -0.39 is 5.91 Å². The van der Waals surface area contributed by atoms with E-state index in [4.69, 9.17) is 14.4 Å². The molecule has 0 aliphatic rings. The number of fused-ring (bicyclic) bond motifs is 2. The summed E-state index contributed by atoms with van der Waals surface area (Å²) in [6, 6.07) is 22.5. The highest BCUT2D eigenvalue weighted by molar-refractivity contribution is 9.10. The maximum absolute atomic E-state index is 12.9. The number of rotatable bonds is 4. The number of para-hydroxylation sites is 2. The number of nitriles is 1. The fourth-order valence-corrected chi connectivity index (χ4v) is 4.06. The second-order valence-electron chi connectivity index (χ2n) is 7.23. The molecule has 7 nitrogen and oxygen atoms in total. The molecule has 156 valence electrons. The van der Waals surface area contributed by atoms with E-state index in [1.807, 2.05) is 66.1 Å². The number of carbonyl (C=O) groups is 1. The van der Waals surface area contributed by atoms with Crippen molar-refractivity contribution < 1.29 is 9.21 Å². The average molecular weight is 486 g/mol. The lowest BCUT2D eigenvalue weighted by Crippen LogP contribution is -2.18. The summed E-state index contributed by atoms with van der Waals surface area (Å²) < 4.78 is 7.68. The molecule has 1 N–H and O–H groups in total. The Kier molecular flexibility index (Phi) is 4.96. The third-order valence-electron chi connectivity index (χ3n) is 5.30. The molecule has 3 aromatic heterocycles. The van der Waals surface area contributed by atoms with Gasteiger partial charge in [-0.2, -0.15) is 5.26 Å². The van der Waals surface area contributed by atoms with Gasteiger partial charge in [-0.3, -0.25) is 4.79 Å². The Morgan fingerprint density at radius 2 is 1.75 bits per heavy atom. The number of hydrogen-bond donors (Lipinski definition) is 1. The first kappa shape index (κ1) is 20.0. The number of aromatic nitrogens is 3. The van der Waals surface area contributed by atoms with Gasteiger partial charge in [0.15, 0.2) is 16.1 Å². The van der Waals surface area contributed by atoms with Crippen molar-refractivity contribution in [2.24, 2.45) is 0 Å². The summed E-state index contributed by atoms with van der Waals surface area (Å²) in [4.78, 5) is 22.4. The first-order valence-electron chi connectivity index (χ1n) is 9.89. The maximum atomic E-state index is 12.9. The molecule has 32 heavy (non-hydrogen) atoms. The van der Waals surface area contributed by atoms with Gasteiger partial charge in [0, 0.05) is 0 Å². The molecule has 2 aromatic carbocycles. The van der Waals surface area contributed by atoms with Crippen molar-refractivity contribution in [2.45, 2.75) is 13.0 Å². The molecule has 0 saturated heterocycles. The quantitative estimate of drug-likeness (QED) is 0.353. The fourth-order valence-electron chi connectivity index (χ4n) is 3.76. The van der Waals surface area contributed by atoms with Crippen LogP contribution in [0.1, 0.15) is 34.6 Å². The van der Waals surface area contributed by atoms with E-state index >= 15 is 0 Å². The number of carbonyl (C=O) groups excluding carboxylic acids is 1. The average Bonchev–Trinajstić information content (AvgIpc) is 3.38. The minimum absolute atomic E-state index is 0.121. The van der Waals surface area contributed by atoms with Crippen molar-refractivity contribution in [2.75, 3.05) is 5.32 Å². The molecule has 5 aromatic rings. The molecule has 0 bridgehead atoms. The molecule has 1 unspecified atom stereocenters. The lowest BCUT2D eigenvalue weighted by Gasteiger charge is -2.19. The molecular formula is C24H16BrN5O2. The van der Waals surface area contributed by atoms with Gasteiger partial charge in [0.25, 0.3) is 5.91 Å². The van der Waals surface area contributed by atoms with Gasteiger partial charge < -0.3 is 14.3 Å². The summed E-state index contributed by atoms with van der Waals surface area (Å²) in [7, 11) is 0. The number of nitrogens with zero attached hydrogens (tertiary/aromatic N) is 4. The summed E-state index contributed by atoms with van der Waals surface area (Å²) in [5, 5.41) is 12.9. The van der Waals surface area contributed by atoms with Gasteiger partial charge in [-0.05, 0) is 52.7 Å². The van der Waals surface area contributed by atoms with Gasteiger partial charge >= 0.3 is 0 Å². The van der Waals surface area contributed by atoms with E-state index in [1.165, 1.54) is 0 Å². The van der Waals surface area contributed by atoms with Crippen LogP contribution in [0.25, 0.3) is 22.2 Å². The Hall–Kier alpha value is -3.96. The molecule has 5 rings (SSSR count). The predicted molar refractivity (Wildman–Crippen MR) is 124 cm³/mol. The van der Waals surface area contributed by atoms with Crippen LogP contribution in [0.15, 0.2) is 75.8 Å². The largest absolute Gasteiger partial charge is 0.444 e. The Bertz CT molecular complexity index is 1510. The highest BCUT2D eigenvalue weighted by Crippen LogP contribution is 2.35. The summed E-state index contributed by atoms with van der Waals surface area (Å²) in [6.45, 7) is 1.99. The molecule has 0 spiro atoms. The van der Waals surface area contributed by atoms with Crippen LogP contribution in [0.4, 0.5) is 5.82 Å². The van der Waals surface area contributed by atoms with Crippen LogP contribution < -0.4 is 5.32 Å². The van der Waals surface area contributed by atoms with Crippen LogP contribution in [0.3, 0.4) is 0 Å². The van der Waals surface area contributed by atoms with Gasteiger partial charge in [-0.25, -0.2) is 9.97 Å². The third kappa shape index (κ3) is 3.33. The minimum Gasteiger partial charge on any atom is -0.444 e. The predicted octanol–water partition coefficient (Wildman–Crippen LogP) is 5.67. The van der Waals surface area contributed by atoms with E-state index in [0.717, 1.165) is 5.56 Å². The number of nitrogens with one attached hydrogen (secondary N) is 1. The first-order chi connectivity index (χ1) is 15.6. The number of amides is 1. The SMILES string of the molecule is CC(c1ccccc1)n1c(NC(=O)c2ccc(Br)o2)c(C#N)c2nc3ccccc3nc21. The van der Waals surface area contributed by atoms with Crippen LogP contribution in [0, 0.1) is 11.3 Å². The maximum Gasteiger partial charge on any atom is 0.292 e. The van der Waals surface area contributed by atoms with Crippen LogP contribution >= 0.6 is 15.9 Å². The van der Waals surface area contributed by atoms with Crippen molar-refractivity contribution >= 4 is 49.9 Å². The van der Waals surface area contributed by atoms with Crippen LogP contribution in [-0.4, -0.2) is 20.4 Å². The molecule has 1 atom stereocenters. The van der Waals surface area contributed by atoms with E-state index in [2.05, 4.69) is 27.3 Å². The number of halogens is 1. The van der Waals surface area contributed by atoms with Crippen molar-refractivity contribution in [1.82, 2.24) is 14.5 Å². The molecule has 0 saturated carbocycles. The van der Waals surface area contributed by atoms with Gasteiger partial charge in [-0.15, -0.1) is 0 Å². The highest BCUT2D eigenvalue weighted by Gasteiger charge is 2.26. The van der Waals surface area contributed by atoms with E-state index in [0.29, 0.717) is 32.7 Å². The molecule has 0 radical (unpaired) electrons. The summed E-state index contributed by atoms with van der Waals surface area (Å²) in [6.07, 6.45) is 0. The van der Waals surface area contributed by atoms with Crippen molar-refractivity contribution in [1.29, 1.82) is 5.26 Å². The Balaban J connectivity index is 1.77. The zero-order valence-corrected chi connectivity index (χ0v) is 18.5. The summed E-state index contributed by atoms with van der Waals surface area (Å²) in [5.41, 5.74) is 3.59. The van der Waals surface area contributed by atoms with Crippen molar-refractivity contribution in [3.05, 3.63) is 88.3 Å². The van der Waals surface area contributed by atoms with Gasteiger partial charge in [0.2, 0.25) is 0 Å². The number of furan rings is 1. The molecular weight excluding hydrogens is 470 g/mol. The highest BCUT2D eigenvalue weighted by atomic mass is 79.9. The van der Waals surface area contributed by atoms with Crippen LogP contribution in [-0.2, 0) is 0 Å². The third-order valence-corrected chi connectivity index (χ3v) is 5.73. The second kappa shape index (κ2) is 7.94. The van der Waals surface area contributed by atoms with Gasteiger partial charge in [0.05, 0.1) is 17.1 Å². The monoisotopic (exact) mass is 485 g/mol. The molecule has 1 amide bonds. The molecule has 8 heteroatoms. The first-order valence-corrected chi connectivity index (χ1v) is 10.7. The van der Waals surface area contributed by atoms with Crippen molar-refractivity contribution in [3.8, 4) is 6.07 Å². The summed E-state index contributed by atoms with van der Waals surface area (Å²) >= 11 is 3.21.